The lowest BCUT2D eigenvalue weighted by molar-refractivity contribution is -0.130. The fourth-order valence-electron chi connectivity index (χ4n) is 2.49. The minimum absolute atomic E-state index is 0.0210. The maximum atomic E-state index is 12.3. The van der Waals surface area contributed by atoms with Crippen molar-refractivity contribution in [3.63, 3.8) is 0 Å². The first-order chi connectivity index (χ1) is 12.3. The molecule has 1 aliphatic heterocycles. The summed E-state index contributed by atoms with van der Waals surface area (Å²) in [6.07, 6.45) is 0.733. The van der Waals surface area contributed by atoms with Crippen LogP contribution in [0.1, 0.15) is 31.9 Å². The smallest absolute Gasteiger partial charge is 0.284 e. The topological polar surface area (TPSA) is 59.9 Å². The molecule has 0 radical (unpaired) electrons. The number of amides is 1. The van der Waals surface area contributed by atoms with Crippen LogP contribution in [-0.4, -0.2) is 24.8 Å². The van der Waals surface area contributed by atoms with Crippen molar-refractivity contribution < 1.29 is 14.3 Å². The number of benzene rings is 2. The second kappa shape index (κ2) is 7.38. The molecule has 0 saturated carbocycles. The Morgan fingerprint density at radius 1 is 1.23 bits per heavy atom. The molecule has 1 aliphatic rings. The molecule has 0 aromatic heterocycles. The number of ether oxygens (including phenoxy) is 2. The maximum Gasteiger partial charge on any atom is 0.284 e. The van der Waals surface area contributed by atoms with Crippen LogP contribution < -0.4 is 14.9 Å². The third kappa shape index (κ3) is 4.17. The summed E-state index contributed by atoms with van der Waals surface area (Å²) in [5.74, 6) is 0.834. The van der Waals surface area contributed by atoms with E-state index in [-0.39, 0.29) is 17.9 Å². The first-order valence-electron chi connectivity index (χ1n) is 8.36. The first-order valence-corrected chi connectivity index (χ1v) is 8.74. The van der Waals surface area contributed by atoms with Crippen LogP contribution in [0, 0.1) is 0 Å². The van der Waals surface area contributed by atoms with Crippen LogP contribution in [0.4, 0.5) is 0 Å². The molecule has 1 N–H and O–H groups in total. The number of nitrogens with one attached hydrogen (secondary N) is 1. The number of nitrogens with zero attached hydrogens (tertiary/aromatic N) is 1. The number of carbonyl (C=O) groups is 1. The second-order valence-corrected chi connectivity index (χ2v) is 7.49. The van der Waals surface area contributed by atoms with Crippen LogP contribution in [-0.2, 0) is 10.2 Å². The van der Waals surface area contributed by atoms with Crippen LogP contribution >= 0.6 is 11.6 Å². The molecule has 0 spiro atoms. The van der Waals surface area contributed by atoms with Crippen molar-refractivity contribution in [2.24, 2.45) is 5.10 Å². The Labute approximate surface area is 158 Å². The van der Waals surface area contributed by atoms with Crippen LogP contribution in [0.25, 0.3) is 0 Å². The minimum Gasteiger partial charge on any atom is -0.485 e. The highest BCUT2D eigenvalue weighted by Crippen LogP contribution is 2.36. The molecule has 3 rings (SSSR count). The van der Waals surface area contributed by atoms with E-state index in [4.69, 9.17) is 21.1 Å². The molecule has 2 aromatic rings. The van der Waals surface area contributed by atoms with Crippen molar-refractivity contribution in [1.29, 1.82) is 0 Å². The summed E-state index contributed by atoms with van der Waals surface area (Å²) in [5, 5.41) is 4.51. The molecule has 6 heteroatoms. The summed E-state index contributed by atoms with van der Waals surface area (Å²) < 4.78 is 11.5. The molecule has 0 saturated heterocycles. The number of hydrogen-bond donors (Lipinski definition) is 1. The molecule has 5 nitrogen and oxygen atoms in total. The van der Waals surface area contributed by atoms with Crippen LogP contribution in [0.5, 0.6) is 11.5 Å². The van der Waals surface area contributed by atoms with Gasteiger partial charge in [-0.15, -0.1) is 0 Å². The molecule has 1 heterocycles. The van der Waals surface area contributed by atoms with Gasteiger partial charge in [-0.05, 0) is 29.2 Å². The van der Waals surface area contributed by atoms with Gasteiger partial charge >= 0.3 is 0 Å². The van der Waals surface area contributed by atoms with Gasteiger partial charge in [-0.3, -0.25) is 4.79 Å². The van der Waals surface area contributed by atoms with Crippen molar-refractivity contribution >= 4 is 23.7 Å². The standard InChI is InChI=1S/C20H21ClN2O3/c1-20(2,3)14-8-9-16-17(10-14)26-18(12-25-16)19(24)23-22-11-13-6-4-5-7-15(13)21/h4-11,18H,12H2,1-3H3,(H,23,24)/t18-/m0/s1. The van der Waals surface area contributed by atoms with Gasteiger partial charge < -0.3 is 9.47 Å². The van der Waals surface area contributed by atoms with Crippen molar-refractivity contribution in [2.75, 3.05) is 6.61 Å². The summed E-state index contributed by atoms with van der Waals surface area (Å²) >= 11 is 6.05. The molecule has 0 aliphatic carbocycles. The fourth-order valence-corrected chi connectivity index (χ4v) is 2.67. The monoisotopic (exact) mass is 372 g/mol. The van der Waals surface area contributed by atoms with E-state index in [0.29, 0.717) is 16.5 Å². The number of halogens is 1. The van der Waals surface area contributed by atoms with Gasteiger partial charge in [0.05, 0.1) is 6.21 Å². The van der Waals surface area contributed by atoms with E-state index in [1.165, 1.54) is 6.21 Å². The van der Waals surface area contributed by atoms with Crippen LogP contribution in [0.2, 0.25) is 5.02 Å². The van der Waals surface area contributed by atoms with E-state index in [0.717, 1.165) is 11.1 Å². The Bertz CT molecular complexity index is 843. The third-order valence-electron chi connectivity index (χ3n) is 4.05. The molecular weight excluding hydrogens is 352 g/mol. The van der Waals surface area contributed by atoms with Crippen LogP contribution in [0.3, 0.4) is 0 Å². The quantitative estimate of drug-likeness (QED) is 0.656. The normalized spacial score (nSPS) is 16.5. The Balaban J connectivity index is 1.66. The number of hydrazone groups is 1. The highest BCUT2D eigenvalue weighted by Gasteiger charge is 2.28. The Morgan fingerprint density at radius 2 is 2.00 bits per heavy atom. The Kier molecular flexibility index (Phi) is 5.18. The molecule has 2 aromatic carbocycles. The SMILES string of the molecule is CC(C)(C)c1ccc2c(c1)O[C@H](C(=O)NN=Cc1ccccc1Cl)CO2. The van der Waals surface area contributed by atoms with Gasteiger partial charge in [0.2, 0.25) is 6.10 Å². The first kappa shape index (κ1) is 18.3. The Hall–Kier alpha value is -2.53. The van der Waals surface area contributed by atoms with Crippen molar-refractivity contribution in [2.45, 2.75) is 32.3 Å². The highest BCUT2D eigenvalue weighted by molar-refractivity contribution is 6.33. The lowest BCUT2D eigenvalue weighted by Crippen LogP contribution is -2.42. The average molecular weight is 373 g/mol. The molecule has 1 amide bonds. The summed E-state index contributed by atoms with van der Waals surface area (Å²) in [6.45, 7) is 6.49. The molecular formula is C20H21ClN2O3. The van der Waals surface area contributed by atoms with Gasteiger partial charge in [-0.1, -0.05) is 56.6 Å². The summed E-state index contributed by atoms with van der Waals surface area (Å²) in [4.78, 5) is 12.3. The van der Waals surface area contributed by atoms with Crippen LogP contribution in [0.15, 0.2) is 47.6 Å². The summed E-state index contributed by atoms with van der Waals surface area (Å²) in [5.41, 5.74) is 4.28. The molecule has 1 atom stereocenters. The molecule has 0 unspecified atom stereocenters. The molecule has 0 bridgehead atoms. The summed E-state index contributed by atoms with van der Waals surface area (Å²) in [6, 6.07) is 13.0. The largest absolute Gasteiger partial charge is 0.485 e. The van der Waals surface area contributed by atoms with Gasteiger partial charge in [0.1, 0.15) is 6.61 Å². The fraction of sp³-hybridized carbons (Fsp3) is 0.300. The van der Waals surface area contributed by atoms with Crippen molar-refractivity contribution in [3.8, 4) is 11.5 Å². The van der Waals surface area contributed by atoms with E-state index < -0.39 is 6.10 Å². The second-order valence-electron chi connectivity index (χ2n) is 7.08. The average Bonchev–Trinajstić information content (AvgIpc) is 2.61. The van der Waals surface area contributed by atoms with Gasteiger partial charge in [-0.25, -0.2) is 5.43 Å². The molecule has 26 heavy (non-hydrogen) atoms. The lowest BCUT2D eigenvalue weighted by atomic mass is 9.87. The highest BCUT2D eigenvalue weighted by atomic mass is 35.5. The number of rotatable bonds is 3. The number of fused-ring (bicyclic) bond motifs is 1. The zero-order chi connectivity index (χ0) is 18.7. The predicted molar refractivity (Wildman–Crippen MR) is 102 cm³/mol. The zero-order valence-electron chi connectivity index (χ0n) is 15.0. The van der Waals surface area contributed by atoms with Crippen molar-refractivity contribution in [3.05, 3.63) is 58.6 Å². The van der Waals surface area contributed by atoms with Crippen molar-refractivity contribution in [1.82, 2.24) is 5.43 Å². The third-order valence-corrected chi connectivity index (χ3v) is 4.39. The maximum absolute atomic E-state index is 12.3. The van der Waals surface area contributed by atoms with E-state index in [9.17, 15) is 4.79 Å². The minimum atomic E-state index is -0.763. The van der Waals surface area contributed by atoms with E-state index >= 15 is 0 Å². The van der Waals surface area contributed by atoms with Gasteiger partial charge in [0.25, 0.3) is 5.91 Å². The number of carbonyl (C=O) groups excluding carboxylic acids is 1. The van der Waals surface area contributed by atoms with Gasteiger partial charge in [-0.2, -0.15) is 5.10 Å². The molecule has 0 fully saturated rings. The van der Waals surface area contributed by atoms with E-state index in [1.54, 1.807) is 6.07 Å². The number of hydrogen-bond acceptors (Lipinski definition) is 4. The van der Waals surface area contributed by atoms with E-state index in [2.05, 4.69) is 31.3 Å². The predicted octanol–water partition coefficient (Wildman–Crippen LogP) is 3.93. The Morgan fingerprint density at radius 3 is 2.73 bits per heavy atom. The zero-order valence-corrected chi connectivity index (χ0v) is 15.7. The lowest BCUT2D eigenvalue weighted by Gasteiger charge is -2.27. The van der Waals surface area contributed by atoms with Gasteiger partial charge in [0.15, 0.2) is 11.5 Å². The summed E-state index contributed by atoms with van der Waals surface area (Å²) in [7, 11) is 0. The van der Waals surface area contributed by atoms with E-state index in [1.807, 2.05) is 36.4 Å². The van der Waals surface area contributed by atoms with Gasteiger partial charge in [0, 0.05) is 10.6 Å². The molecule has 136 valence electrons.